The third-order valence-corrected chi connectivity index (χ3v) is 5.35. The first-order valence-electron chi connectivity index (χ1n) is 8.56. The minimum atomic E-state index is -0.599. The van der Waals surface area contributed by atoms with Crippen LogP contribution in [0, 0.1) is 12.7 Å². The van der Waals surface area contributed by atoms with Gasteiger partial charge in [0.2, 0.25) is 0 Å². The van der Waals surface area contributed by atoms with E-state index in [9.17, 15) is 14.0 Å². The molecule has 5 rings (SSSR count). The fraction of sp³-hybridized carbons (Fsp3) is 0.368. The molecule has 6 nitrogen and oxygen atoms in total. The van der Waals surface area contributed by atoms with Gasteiger partial charge in [0.05, 0.1) is 5.02 Å². The molecule has 3 fully saturated rings. The van der Waals surface area contributed by atoms with Crippen LogP contribution < -0.4 is 15.4 Å². The average Bonchev–Trinajstić information content (AvgIpc) is 2.99. The largest absolute Gasteiger partial charge is 0.484 e. The van der Waals surface area contributed by atoms with Crippen LogP contribution in [0.5, 0.6) is 5.75 Å². The predicted octanol–water partition coefficient (Wildman–Crippen LogP) is 2.98. The van der Waals surface area contributed by atoms with Crippen LogP contribution in [0.1, 0.15) is 35.6 Å². The van der Waals surface area contributed by atoms with Gasteiger partial charge >= 0.3 is 0 Å². The zero-order valence-electron chi connectivity index (χ0n) is 14.6. The molecule has 2 N–H and O–H groups in total. The summed E-state index contributed by atoms with van der Waals surface area (Å²) in [6.07, 6.45) is 2.02. The summed E-state index contributed by atoms with van der Waals surface area (Å²) in [7, 11) is 0. The van der Waals surface area contributed by atoms with Gasteiger partial charge in [-0.2, -0.15) is 0 Å². The Morgan fingerprint density at radius 2 is 1.89 bits per heavy atom. The van der Waals surface area contributed by atoms with Gasteiger partial charge in [-0.1, -0.05) is 11.6 Å². The maximum atomic E-state index is 13.4. The smallest absolute Gasteiger partial charge is 0.287 e. The summed E-state index contributed by atoms with van der Waals surface area (Å²) in [5.74, 6) is 0.0870. The van der Waals surface area contributed by atoms with E-state index < -0.39 is 5.82 Å². The molecule has 2 amide bonds. The number of rotatable bonds is 6. The molecule has 0 unspecified atom stereocenters. The number of hydrogen-bond donors (Lipinski definition) is 2. The van der Waals surface area contributed by atoms with E-state index in [-0.39, 0.29) is 40.3 Å². The maximum Gasteiger partial charge on any atom is 0.287 e. The molecule has 3 aliphatic rings. The van der Waals surface area contributed by atoms with Crippen LogP contribution in [0.4, 0.5) is 4.39 Å². The van der Waals surface area contributed by atoms with Gasteiger partial charge in [-0.3, -0.25) is 9.59 Å². The van der Waals surface area contributed by atoms with E-state index in [2.05, 4.69) is 10.6 Å². The molecule has 0 spiro atoms. The summed E-state index contributed by atoms with van der Waals surface area (Å²) in [6, 6.07) is 7.39. The number of carbonyl (C=O) groups is 2. The van der Waals surface area contributed by atoms with E-state index in [4.69, 9.17) is 20.8 Å². The van der Waals surface area contributed by atoms with Gasteiger partial charge in [-0.25, -0.2) is 4.39 Å². The zero-order valence-corrected chi connectivity index (χ0v) is 15.4. The number of hydrogen-bond acceptors (Lipinski definition) is 4. The van der Waals surface area contributed by atoms with Gasteiger partial charge in [0.25, 0.3) is 11.8 Å². The molecule has 1 aromatic heterocycles. The lowest BCUT2D eigenvalue weighted by Gasteiger charge is -2.70. The van der Waals surface area contributed by atoms with E-state index in [1.165, 1.54) is 12.1 Å². The Bertz CT molecular complexity index is 906. The molecule has 0 radical (unpaired) electrons. The quantitative estimate of drug-likeness (QED) is 0.792. The fourth-order valence-corrected chi connectivity index (χ4v) is 4.08. The van der Waals surface area contributed by atoms with E-state index >= 15 is 0 Å². The summed E-state index contributed by atoms with van der Waals surface area (Å²) in [6.45, 7) is 1.57. The minimum Gasteiger partial charge on any atom is -0.484 e. The molecular weight excluding hydrogens is 375 g/mol. The Labute approximate surface area is 160 Å². The van der Waals surface area contributed by atoms with Crippen LogP contribution in [0.3, 0.4) is 0 Å². The number of aryl methyl sites for hydroxylation is 1. The van der Waals surface area contributed by atoms with Crippen molar-refractivity contribution < 1.29 is 23.1 Å². The normalized spacial score (nSPS) is 25.1. The second-order valence-corrected chi connectivity index (χ2v) is 7.78. The molecule has 3 saturated carbocycles. The topological polar surface area (TPSA) is 80.6 Å². The van der Waals surface area contributed by atoms with Crippen molar-refractivity contribution in [3.8, 4) is 5.75 Å². The highest BCUT2D eigenvalue weighted by molar-refractivity contribution is 6.30. The Morgan fingerprint density at radius 1 is 1.19 bits per heavy atom. The second kappa shape index (κ2) is 6.27. The molecule has 0 atom stereocenters. The van der Waals surface area contributed by atoms with Crippen LogP contribution in [-0.4, -0.2) is 29.5 Å². The van der Waals surface area contributed by atoms with Crippen molar-refractivity contribution in [2.45, 2.75) is 37.3 Å². The molecule has 2 aromatic rings. The van der Waals surface area contributed by atoms with Crippen LogP contribution in [0.25, 0.3) is 0 Å². The molecule has 2 bridgehead atoms. The number of benzene rings is 1. The maximum absolute atomic E-state index is 13.4. The van der Waals surface area contributed by atoms with Gasteiger partial charge in [0.1, 0.15) is 17.3 Å². The highest BCUT2D eigenvalue weighted by atomic mass is 35.5. The van der Waals surface area contributed by atoms with Gasteiger partial charge in [-0.15, -0.1) is 0 Å². The first-order chi connectivity index (χ1) is 12.8. The number of carbonyl (C=O) groups excluding carboxylic acids is 2. The van der Waals surface area contributed by atoms with Gasteiger partial charge in [-0.05, 0) is 50.5 Å². The first kappa shape index (κ1) is 17.9. The molecule has 0 aliphatic heterocycles. The summed E-state index contributed by atoms with van der Waals surface area (Å²) in [5, 5.41) is 5.92. The number of amides is 2. The average molecular weight is 393 g/mol. The number of nitrogens with one attached hydrogen (secondary N) is 2. The monoisotopic (exact) mass is 392 g/mol. The Morgan fingerprint density at radius 3 is 2.52 bits per heavy atom. The van der Waals surface area contributed by atoms with Gasteiger partial charge in [0.15, 0.2) is 12.4 Å². The highest BCUT2D eigenvalue weighted by Crippen LogP contribution is 2.60. The number of ether oxygens (including phenoxy) is 1. The van der Waals surface area contributed by atoms with Crippen LogP contribution in [0.2, 0.25) is 5.02 Å². The second-order valence-electron chi connectivity index (χ2n) is 7.37. The molecular formula is C19H18ClFN2O4. The highest BCUT2D eigenvalue weighted by Gasteiger charge is 2.69. The fourth-order valence-electron chi connectivity index (χ4n) is 3.96. The molecule has 27 heavy (non-hydrogen) atoms. The van der Waals surface area contributed by atoms with Gasteiger partial charge in [0, 0.05) is 17.1 Å². The summed E-state index contributed by atoms with van der Waals surface area (Å²) in [4.78, 5) is 24.3. The SMILES string of the molecule is Cc1ccc(C(=O)NC23CC(NC(=O)COc4ccc(Cl)c(F)c4)(C2)C3)o1. The van der Waals surface area contributed by atoms with E-state index in [1.807, 2.05) is 0 Å². The van der Waals surface area contributed by atoms with E-state index in [0.29, 0.717) is 30.8 Å². The van der Waals surface area contributed by atoms with Crippen molar-refractivity contribution in [1.82, 2.24) is 10.6 Å². The van der Waals surface area contributed by atoms with Crippen molar-refractivity contribution in [3.05, 3.63) is 52.7 Å². The standard InChI is InChI=1S/C19H18ClFN2O4/c1-11-2-5-15(27-11)17(25)23-19-8-18(9-19,10-19)22-16(24)7-26-12-3-4-13(20)14(21)6-12/h2-6H,7-10H2,1H3,(H,22,24)(H,23,25). The van der Waals surface area contributed by atoms with Crippen molar-refractivity contribution in [2.24, 2.45) is 0 Å². The van der Waals surface area contributed by atoms with Crippen LogP contribution in [-0.2, 0) is 4.79 Å². The van der Waals surface area contributed by atoms with E-state index in [0.717, 1.165) is 6.07 Å². The third kappa shape index (κ3) is 3.39. The minimum absolute atomic E-state index is 0.00211. The van der Waals surface area contributed by atoms with Crippen molar-refractivity contribution in [3.63, 3.8) is 0 Å². The molecule has 142 valence electrons. The molecule has 0 saturated heterocycles. The van der Waals surface area contributed by atoms with E-state index in [1.54, 1.807) is 19.1 Å². The first-order valence-corrected chi connectivity index (χ1v) is 8.94. The Kier molecular flexibility index (Phi) is 4.14. The number of halogens is 2. The molecule has 8 heteroatoms. The number of furan rings is 1. The summed E-state index contributed by atoms with van der Waals surface area (Å²) < 4.78 is 24.0. The lowest BCUT2D eigenvalue weighted by Crippen LogP contribution is -2.84. The van der Waals surface area contributed by atoms with Crippen LogP contribution in [0.15, 0.2) is 34.7 Å². The predicted molar refractivity (Wildman–Crippen MR) is 95.3 cm³/mol. The lowest BCUT2D eigenvalue weighted by atomic mass is 9.44. The Balaban J connectivity index is 1.23. The van der Waals surface area contributed by atoms with Crippen molar-refractivity contribution >= 4 is 23.4 Å². The summed E-state index contributed by atoms with van der Waals surface area (Å²) >= 11 is 5.61. The third-order valence-electron chi connectivity index (χ3n) is 5.04. The summed E-state index contributed by atoms with van der Waals surface area (Å²) in [5.41, 5.74) is -0.566. The lowest BCUT2D eigenvalue weighted by molar-refractivity contribution is -0.141. The van der Waals surface area contributed by atoms with Crippen LogP contribution >= 0.6 is 11.6 Å². The van der Waals surface area contributed by atoms with Crippen molar-refractivity contribution in [1.29, 1.82) is 0 Å². The Hall–Kier alpha value is -2.54. The molecule has 3 aliphatic carbocycles. The molecule has 1 aromatic carbocycles. The van der Waals surface area contributed by atoms with Crippen molar-refractivity contribution in [2.75, 3.05) is 6.61 Å². The zero-order chi connectivity index (χ0) is 19.2. The van der Waals surface area contributed by atoms with Gasteiger partial charge < -0.3 is 19.8 Å². The molecule has 1 heterocycles.